The third-order valence-electron chi connectivity index (χ3n) is 1.66. The normalized spacial score (nSPS) is 12.9. The number of nitrogens with two attached hydrogens (primary N) is 1. The zero-order valence-electron chi connectivity index (χ0n) is 8.32. The molecule has 1 unspecified atom stereocenters. The Hall–Kier alpha value is -0.680. The van der Waals surface area contributed by atoms with E-state index in [0.717, 1.165) is 23.9 Å². The van der Waals surface area contributed by atoms with Crippen molar-refractivity contribution < 1.29 is 0 Å². The molecule has 1 heterocycles. The molecule has 0 aliphatic rings. The molecule has 74 valence electrons. The van der Waals surface area contributed by atoms with Crippen molar-refractivity contribution in [3.8, 4) is 0 Å². The fraction of sp³-hybridized carbons (Fsp3) is 0.750. The smallest absolute Gasteiger partial charge is 0.204 e. The predicted molar refractivity (Wildman–Crippen MR) is 56.2 cm³/mol. The van der Waals surface area contributed by atoms with E-state index in [2.05, 4.69) is 16.3 Å². The second kappa shape index (κ2) is 4.53. The number of hydrogen-bond acceptors (Lipinski definition) is 5. The summed E-state index contributed by atoms with van der Waals surface area (Å²) in [6.07, 6.45) is 0.891. The lowest BCUT2D eigenvalue weighted by atomic mass is 10.3. The Morgan fingerprint density at radius 2 is 2.31 bits per heavy atom. The van der Waals surface area contributed by atoms with Gasteiger partial charge in [-0.3, -0.25) is 0 Å². The topological polar surface area (TPSA) is 55.0 Å². The first kappa shape index (κ1) is 10.4. The molecule has 0 aliphatic heterocycles. The number of nitrogens with zero attached hydrogens (tertiary/aromatic N) is 3. The van der Waals surface area contributed by atoms with Gasteiger partial charge in [0, 0.05) is 37.6 Å². The summed E-state index contributed by atoms with van der Waals surface area (Å²) in [5.74, 6) is 0.913. The highest BCUT2D eigenvalue weighted by molar-refractivity contribution is 7.09. The van der Waals surface area contributed by atoms with Crippen molar-refractivity contribution in [2.45, 2.75) is 26.3 Å². The van der Waals surface area contributed by atoms with Crippen molar-refractivity contribution in [2.75, 3.05) is 18.5 Å². The van der Waals surface area contributed by atoms with Crippen LogP contribution in [-0.2, 0) is 6.42 Å². The van der Waals surface area contributed by atoms with Gasteiger partial charge in [0.1, 0.15) is 5.82 Å². The van der Waals surface area contributed by atoms with E-state index in [1.165, 1.54) is 11.5 Å². The van der Waals surface area contributed by atoms with Crippen molar-refractivity contribution in [3.05, 3.63) is 5.82 Å². The van der Waals surface area contributed by atoms with Gasteiger partial charge in [-0.1, -0.05) is 6.92 Å². The monoisotopic (exact) mass is 200 g/mol. The summed E-state index contributed by atoms with van der Waals surface area (Å²) in [6.45, 7) is 4.86. The van der Waals surface area contributed by atoms with Gasteiger partial charge in [-0.25, -0.2) is 4.98 Å². The van der Waals surface area contributed by atoms with Crippen LogP contribution in [0.15, 0.2) is 0 Å². The van der Waals surface area contributed by atoms with Gasteiger partial charge in [0.25, 0.3) is 0 Å². The average molecular weight is 200 g/mol. The van der Waals surface area contributed by atoms with Gasteiger partial charge in [-0.15, -0.1) is 0 Å². The van der Waals surface area contributed by atoms with Gasteiger partial charge in [0.2, 0.25) is 5.13 Å². The van der Waals surface area contributed by atoms with Crippen LogP contribution in [0.4, 0.5) is 5.13 Å². The second-order valence-electron chi connectivity index (χ2n) is 3.20. The van der Waals surface area contributed by atoms with Gasteiger partial charge in [0.05, 0.1) is 0 Å². The minimum atomic E-state index is 0.166. The zero-order valence-corrected chi connectivity index (χ0v) is 9.14. The Morgan fingerprint density at radius 1 is 1.62 bits per heavy atom. The summed E-state index contributed by atoms with van der Waals surface area (Å²) < 4.78 is 4.21. The van der Waals surface area contributed by atoms with E-state index >= 15 is 0 Å². The van der Waals surface area contributed by atoms with Crippen LogP contribution in [0, 0.1) is 0 Å². The van der Waals surface area contributed by atoms with Gasteiger partial charge in [-0.05, 0) is 6.92 Å². The molecule has 0 fully saturated rings. The molecule has 1 aromatic rings. The third-order valence-corrected chi connectivity index (χ3v) is 2.53. The molecule has 1 aromatic heterocycles. The van der Waals surface area contributed by atoms with Crippen LogP contribution < -0.4 is 10.6 Å². The third kappa shape index (κ3) is 2.93. The number of likely N-dealkylation sites (N-methyl/N-ethyl adjacent to an activating group) is 1. The van der Waals surface area contributed by atoms with E-state index in [1.54, 1.807) is 0 Å². The largest absolute Gasteiger partial charge is 0.348 e. The van der Waals surface area contributed by atoms with E-state index in [-0.39, 0.29) is 6.04 Å². The fourth-order valence-electron chi connectivity index (χ4n) is 1.05. The van der Waals surface area contributed by atoms with Crippen molar-refractivity contribution in [1.29, 1.82) is 0 Å². The lowest BCUT2D eigenvalue weighted by Gasteiger charge is -2.16. The van der Waals surface area contributed by atoms with E-state index in [1.807, 2.05) is 18.9 Å². The highest BCUT2D eigenvalue weighted by Gasteiger charge is 2.08. The van der Waals surface area contributed by atoms with Crippen LogP contribution in [-0.4, -0.2) is 29.0 Å². The van der Waals surface area contributed by atoms with E-state index in [9.17, 15) is 0 Å². The number of hydrogen-bond donors (Lipinski definition) is 1. The maximum atomic E-state index is 5.68. The van der Waals surface area contributed by atoms with Crippen molar-refractivity contribution in [2.24, 2.45) is 5.73 Å². The van der Waals surface area contributed by atoms with E-state index < -0.39 is 0 Å². The first-order valence-electron chi connectivity index (χ1n) is 4.42. The number of aryl methyl sites for hydroxylation is 1. The number of rotatable bonds is 4. The molecule has 0 aromatic carbocycles. The van der Waals surface area contributed by atoms with Gasteiger partial charge < -0.3 is 10.6 Å². The standard InChI is InChI=1S/C8H16N4S/c1-4-7-10-8(13-11-7)12(3)5-6(2)9/h6H,4-5,9H2,1-3H3. The predicted octanol–water partition coefficient (Wildman–Crippen LogP) is 0.884. The Morgan fingerprint density at radius 3 is 2.77 bits per heavy atom. The van der Waals surface area contributed by atoms with E-state index in [4.69, 9.17) is 5.73 Å². The Bertz CT molecular complexity index is 258. The molecule has 1 rings (SSSR count). The minimum Gasteiger partial charge on any atom is -0.348 e. The Labute approximate surface area is 82.9 Å². The van der Waals surface area contributed by atoms with Crippen LogP contribution in [0.5, 0.6) is 0 Å². The van der Waals surface area contributed by atoms with Crippen LogP contribution in [0.2, 0.25) is 0 Å². The van der Waals surface area contributed by atoms with Crippen molar-refractivity contribution >= 4 is 16.7 Å². The van der Waals surface area contributed by atoms with Crippen LogP contribution in [0.25, 0.3) is 0 Å². The van der Waals surface area contributed by atoms with Gasteiger partial charge in [0.15, 0.2) is 0 Å². The summed E-state index contributed by atoms with van der Waals surface area (Å²) in [7, 11) is 1.99. The van der Waals surface area contributed by atoms with Crippen LogP contribution in [0.1, 0.15) is 19.7 Å². The summed E-state index contributed by atoms with van der Waals surface area (Å²) in [5, 5.41) is 0.953. The summed E-state index contributed by atoms with van der Waals surface area (Å²) in [5.41, 5.74) is 5.68. The molecule has 5 heteroatoms. The Balaban J connectivity index is 2.60. The molecular formula is C8H16N4S. The zero-order chi connectivity index (χ0) is 9.84. The summed E-state index contributed by atoms with van der Waals surface area (Å²) in [6, 6.07) is 0.166. The van der Waals surface area contributed by atoms with Crippen molar-refractivity contribution in [1.82, 2.24) is 9.36 Å². The highest BCUT2D eigenvalue weighted by Crippen LogP contribution is 2.15. The molecule has 0 saturated heterocycles. The lowest BCUT2D eigenvalue weighted by Crippen LogP contribution is -2.32. The number of anilines is 1. The molecule has 0 saturated carbocycles. The van der Waals surface area contributed by atoms with Crippen LogP contribution in [0.3, 0.4) is 0 Å². The SMILES string of the molecule is CCc1nsc(N(C)CC(C)N)n1. The fourth-order valence-corrected chi connectivity index (χ4v) is 1.77. The molecular weight excluding hydrogens is 184 g/mol. The first-order valence-corrected chi connectivity index (χ1v) is 5.20. The van der Waals surface area contributed by atoms with Gasteiger partial charge in [-0.2, -0.15) is 4.37 Å². The van der Waals surface area contributed by atoms with Crippen molar-refractivity contribution in [3.63, 3.8) is 0 Å². The Kier molecular flexibility index (Phi) is 3.62. The number of aromatic nitrogens is 2. The summed E-state index contributed by atoms with van der Waals surface area (Å²) >= 11 is 1.43. The highest BCUT2D eigenvalue weighted by atomic mass is 32.1. The summed E-state index contributed by atoms with van der Waals surface area (Å²) in [4.78, 5) is 6.40. The average Bonchev–Trinajstić information content (AvgIpc) is 2.50. The molecule has 1 atom stereocenters. The molecule has 0 amide bonds. The maximum absolute atomic E-state index is 5.68. The first-order chi connectivity index (χ1) is 6.13. The lowest BCUT2D eigenvalue weighted by molar-refractivity contribution is 0.715. The molecule has 13 heavy (non-hydrogen) atoms. The van der Waals surface area contributed by atoms with Crippen LogP contribution >= 0.6 is 11.5 Å². The second-order valence-corrected chi connectivity index (χ2v) is 3.93. The molecule has 0 aliphatic carbocycles. The molecule has 4 nitrogen and oxygen atoms in total. The molecule has 2 N–H and O–H groups in total. The molecule has 0 bridgehead atoms. The quantitative estimate of drug-likeness (QED) is 0.784. The van der Waals surface area contributed by atoms with E-state index in [0.29, 0.717) is 0 Å². The minimum absolute atomic E-state index is 0.166. The molecule has 0 radical (unpaired) electrons. The van der Waals surface area contributed by atoms with Gasteiger partial charge >= 0.3 is 0 Å². The molecule has 0 spiro atoms. The maximum Gasteiger partial charge on any atom is 0.204 e.